The standard InChI is InChI=1S/C18H18N2O3S2/c21-18(19-10-11-24-17-8-2-1-7-16(17)19)14-5-3-6-15(13-14)20-9-4-12-25(20,22)23/h1-3,5-8,13H,4,9-12H2. The summed E-state index contributed by atoms with van der Waals surface area (Å²) >= 11 is 1.75. The quantitative estimate of drug-likeness (QED) is 0.811. The fourth-order valence-corrected chi connectivity index (χ4v) is 5.81. The van der Waals surface area contributed by atoms with Crippen LogP contribution in [0.4, 0.5) is 11.4 Å². The SMILES string of the molecule is O=C(c1cccc(N2CCCS2(=O)=O)c1)N1CCSc2ccccc21. The molecule has 0 aromatic heterocycles. The van der Waals surface area contributed by atoms with E-state index in [2.05, 4.69) is 0 Å². The third-order valence-corrected chi connectivity index (χ3v) is 7.37. The zero-order valence-corrected chi connectivity index (χ0v) is 15.2. The van der Waals surface area contributed by atoms with Crippen molar-refractivity contribution in [1.29, 1.82) is 0 Å². The molecule has 1 fully saturated rings. The van der Waals surface area contributed by atoms with Gasteiger partial charge in [0, 0.05) is 29.3 Å². The number of para-hydroxylation sites is 1. The van der Waals surface area contributed by atoms with E-state index in [1.54, 1.807) is 40.9 Å². The lowest BCUT2D eigenvalue weighted by atomic mass is 10.1. The van der Waals surface area contributed by atoms with E-state index in [9.17, 15) is 13.2 Å². The first-order chi connectivity index (χ1) is 12.1. The summed E-state index contributed by atoms with van der Waals surface area (Å²) in [5.41, 5.74) is 2.01. The molecule has 2 heterocycles. The normalized spacial score (nSPS) is 18.9. The number of thioether (sulfide) groups is 1. The van der Waals surface area contributed by atoms with Gasteiger partial charge in [-0.2, -0.15) is 0 Å². The average molecular weight is 374 g/mol. The number of sulfonamides is 1. The number of anilines is 2. The second-order valence-electron chi connectivity index (χ2n) is 6.07. The summed E-state index contributed by atoms with van der Waals surface area (Å²) in [6.07, 6.45) is 0.622. The molecule has 0 saturated carbocycles. The number of hydrogen-bond acceptors (Lipinski definition) is 4. The van der Waals surface area contributed by atoms with Crippen LogP contribution in [0.15, 0.2) is 53.4 Å². The lowest BCUT2D eigenvalue weighted by molar-refractivity contribution is 0.0987. The summed E-state index contributed by atoms with van der Waals surface area (Å²) < 4.78 is 25.7. The Labute approximate surface area is 151 Å². The van der Waals surface area contributed by atoms with E-state index >= 15 is 0 Å². The third-order valence-electron chi connectivity index (χ3n) is 4.45. The summed E-state index contributed by atoms with van der Waals surface area (Å²) in [6, 6.07) is 14.8. The molecule has 0 spiro atoms. The van der Waals surface area contributed by atoms with Crippen molar-refractivity contribution in [2.75, 3.05) is 33.8 Å². The maximum Gasteiger partial charge on any atom is 0.258 e. The molecule has 130 valence electrons. The van der Waals surface area contributed by atoms with Gasteiger partial charge in [0.05, 0.1) is 17.1 Å². The molecule has 7 heteroatoms. The molecule has 2 aliphatic heterocycles. The molecule has 1 amide bonds. The Kier molecular flexibility index (Phi) is 4.21. The fraction of sp³-hybridized carbons (Fsp3) is 0.278. The van der Waals surface area contributed by atoms with Gasteiger partial charge >= 0.3 is 0 Å². The van der Waals surface area contributed by atoms with Crippen molar-refractivity contribution >= 4 is 39.1 Å². The second kappa shape index (κ2) is 6.38. The number of amides is 1. The van der Waals surface area contributed by atoms with E-state index in [0.717, 1.165) is 16.3 Å². The number of rotatable bonds is 2. The summed E-state index contributed by atoms with van der Waals surface area (Å²) in [6.45, 7) is 1.12. The third kappa shape index (κ3) is 3.02. The Balaban J connectivity index is 1.67. The monoisotopic (exact) mass is 374 g/mol. The Morgan fingerprint density at radius 2 is 1.88 bits per heavy atom. The van der Waals surface area contributed by atoms with E-state index in [-0.39, 0.29) is 11.7 Å². The summed E-state index contributed by atoms with van der Waals surface area (Å²) in [5.74, 6) is 0.927. The van der Waals surface area contributed by atoms with Crippen LogP contribution in [0.2, 0.25) is 0 Å². The second-order valence-corrected chi connectivity index (χ2v) is 9.21. The molecule has 0 atom stereocenters. The molecule has 2 aliphatic rings. The van der Waals surface area contributed by atoms with Crippen molar-refractivity contribution in [2.24, 2.45) is 0 Å². The predicted octanol–water partition coefficient (Wildman–Crippen LogP) is 2.98. The van der Waals surface area contributed by atoms with Gasteiger partial charge < -0.3 is 4.90 Å². The maximum atomic E-state index is 13.0. The zero-order chi connectivity index (χ0) is 17.4. The molecule has 0 bridgehead atoms. The largest absolute Gasteiger partial charge is 0.306 e. The molecular formula is C18H18N2O3S2. The number of nitrogens with zero attached hydrogens (tertiary/aromatic N) is 2. The van der Waals surface area contributed by atoms with Crippen LogP contribution >= 0.6 is 11.8 Å². The van der Waals surface area contributed by atoms with Crippen LogP contribution in [0.1, 0.15) is 16.8 Å². The number of fused-ring (bicyclic) bond motifs is 1. The fourth-order valence-electron chi connectivity index (χ4n) is 3.26. The van der Waals surface area contributed by atoms with Gasteiger partial charge in [0.2, 0.25) is 10.0 Å². The minimum atomic E-state index is -3.25. The van der Waals surface area contributed by atoms with Crippen molar-refractivity contribution in [3.05, 3.63) is 54.1 Å². The highest BCUT2D eigenvalue weighted by Gasteiger charge is 2.29. The maximum absolute atomic E-state index is 13.0. The topological polar surface area (TPSA) is 57.7 Å². The Morgan fingerprint density at radius 1 is 1.04 bits per heavy atom. The van der Waals surface area contributed by atoms with Gasteiger partial charge in [-0.15, -0.1) is 11.8 Å². The smallest absolute Gasteiger partial charge is 0.258 e. The Hall–Kier alpha value is -1.99. The molecule has 1 saturated heterocycles. The van der Waals surface area contributed by atoms with Crippen LogP contribution in [0, 0.1) is 0 Å². The van der Waals surface area contributed by atoms with E-state index in [1.807, 2.05) is 24.3 Å². The van der Waals surface area contributed by atoms with E-state index < -0.39 is 10.0 Å². The predicted molar refractivity (Wildman–Crippen MR) is 101 cm³/mol. The molecule has 25 heavy (non-hydrogen) atoms. The van der Waals surface area contributed by atoms with Crippen LogP contribution < -0.4 is 9.21 Å². The van der Waals surface area contributed by atoms with Crippen LogP contribution in [-0.2, 0) is 10.0 Å². The first-order valence-corrected chi connectivity index (χ1v) is 10.8. The van der Waals surface area contributed by atoms with Gasteiger partial charge in [-0.25, -0.2) is 8.42 Å². The lowest BCUT2D eigenvalue weighted by Crippen LogP contribution is -2.35. The van der Waals surface area contributed by atoms with Gasteiger partial charge in [-0.3, -0.25) is 9.10 Å². The molecule has 0 radical (unpaired) electrons. The number of carbonyl (C=O) groups excluding carboxylic acids is 1. The first-order valence-electron chi connectivity index (χ1n) is 8.20. The molecule has 2 aromatic carbocycles. The molecular weight excluding hydrogens is 356 g/mol. The van der Waals surface area contributed by atoms with E-state index in [1.165, 1.54) is 4.31 Å². The molecule has 5 nitrogen and oxygen atoms in total. The average Bonchev–Trinajstić information content (AvgIpc) is 3.00. The minimum Gasteiger partial charge on any atom is -0.306 e. The first kappa shape index (κ1) is 16.5. The highest BCUT2D eigenvalue weighted by Crippen LogP contribution is 2.35. The van der Waals surface area contributed by atoms with E-state index in [4.69, 9.17) is 0 Å². The molecule has 4 rings (SSSR count). The molecule has 0 N–H and O–H groups in total. The minimum absolute atomic E-state index is 0.0915. The van der Waals surface area contributed by atoms with Crippen LogP contribution in [0.5, 0.6) is 0 Å². The van der Waals surface area contributed by atoms with Gasteiger partial charge in [0.25, 0.3) is 5.91 Å². The molecule has 0 unspecified atom stereocenters. The summed E-state index contributed by atoms with van der Waals surface area (Å²) in [4.78, 5) is 15.9. The highest BCUT2D eigenvalue weighted by molar-refractivity contribution is 7.99. The number of carbonyl (C=O) groups is 1. The molecule has 0 aliphatic carbocycles. The summed E-state index contributed by atoms with van der Waals surface area (Å²) in [5, 5.41) is 0. The molecule has 2 aromatic rings. The number of benzene rings is 2. The van der Waals surface area contributed by atoms with Crippen LogP contribution in [0.25, 0.3) is 0 Å². The summed E-state index contributed by atoms with van der Waals surface area (Å²) in [7, 11) is -3.25. The van der Waals surface area contributed by atoms with Gasteiger partial charge in [0.1, 0.15) is 0 Å². The lowest BCUT2D eigenvalue weighted by Gasteiger charge is -2.29. The van der Waals surface area contributed by atoms with Crippen molar-refractivity contribution in [3.63, 3.8) is 0 Å². The number of hydrogen-bond donors (Lipinski definition) is 0. The Bertz CT molecular complexity index is 927. The highest BCUT2D eigenvalue weighted by atomic mass is 32.2. The van der Waals surface area contributed by atoms with Crippen molar-refractivity contribution in [3.8, 4) is 0 Å². The van der Waals surface area contributed by atoms with Crippen LogP contribution in [-0.4, -0.2) is 38.9 Å². The van der Waals surface area contributed by atoms with Gasteiger partial charge in [-0.1, -0.05) is 18.2 Å². The van der Waals surface area contributed by atoms with Crippen LogP contribution in [0.3, 0.4) is 0 Å². The van der Waals surface area contributed by atoms with Crippen molar-refractivity contribution in [1.82, 2.24) is 0 Å². The van der Waals surface area contributed by atoms with Crippen molar-refractivity contribution < 1.29 is 13.2 Å². The zero-order valence-electron chi connectivity index (χ0n) is 13.6. The van der Waals surface area contributed by atoms with Gasteiger partial charge in [0.15, 0.2) is 0 Å². The van der Waals surface area contributed by atoms with Gasteiger partial charge in [-0.05, 0) is 36.8 Å². The van der Waals surface area contributed by atoms with E-state index in [0.29, 0.717) is 30.8 Å². The Morgan fingerprint density at radius 3 is 2.68 bits per heavy atom. The van der Waals surface area contributed by atoms with Crippen molar-refractivity contribution in [2.45, 2.75) is 11.3 Å².